The van der Waals surface area contributed by atoms with Crippen LogP contribution in [0, 0.1) is 10.1 Å². The van der Waals surface area contributed by atoms with Crippen molar-refractivity contribution in [3.8, 4) is 0 Å². The summed E-state index contributed by atoms with van der Waals surface area (Å²) in [6, 6.07) is 3.57. The first-order valence-corrected chi connectivity index (χ1v) is 11.2. The number of nitrogens with zero attached hydrogens (tertiary/aromatic N) is 5. The number of aryl methyl sites for hydroxylation is 1. The number of hydrogen-bond acceptors (Lipinski definition) is 5. The molecule has 1 fully saturated rings. The van der Waals surface area contributed by atoms with E-state index in [2.05, 4.69) is 17.0 Å². The first-order chi connectivity index (χ1) is 15.2. The summed E-state index contributed by atoms with van der Waals surface area (Å²) in [6.07, 6.45) is 7.24. The lowest BCUT2D eigenvalue weighted by molar-refractivity contribution is -0.429. The number of nitro groups is 1. The predicted octanol–water partition coefficient (Wildman–Crippen LogP) is 4.37. The van der Waals surface area contributed by atoms with Crippen molar-refractivity contribution in [3.05, 3.63) is 57.2 Å². The van der Waals surface area contributed by atoms with E-state index < -0.39 is 10.6 Å². The number of carbonyl (C=O) groups excluding carboxylic acids is 1. The second-order valence-corrected chi connectivity index (χ2v) is 8.85. The van der Waals surface area contributed by atoms with E-state index in [1.807, 2.05) is 11.8 Å². The first-order valence-electron chi connectivity index (χ1n) is 11.2. The van der Waals surface area contributed by atoms with E-state index in [4.69, 9.17) is 0 Å². The molecule has 0 bridgehead atoms. The van der Waals surface area contributed by atoms with E-state index >= 15 is 4.39 Å². The molecule has 0 N–H and O–H groups in total. The molecule has 0 saturated carbocycles. The maximum atomic E-state index is 15.3. The van der Waals surface area contributed by atoms with Gasteiger partial charge < -0.3 is 4.90 Å². The number of likely N-dealkylation sites (tertiary alicyclic amines) is 1. The van der Waals surface area contributed by atoms with Crippen LogP contribution in [0.5, 0.6) is 0 Å². The van der Waals surface area contributed by atoms with Crippen LogP contribution in [0.15, 0.2) is 30.0 Å². The predicted molar refractivity (Wildman–Crippen MR) is 119 cm³/mol. The third kappa shape index (κ3) is 4.03. The average molecular weight is 442 g/mol. The fourth-order valence-electron chi connectivity index (χ4n) is 4.58. The van der Waals surface area contributed by atoms with Crippen molar-refractivity contribution >= 4 is 17.1 Å². The van der Waals surface area contributed by atoms with Crippen molar-refractivity contribution < 1.29 is 14.1 Å². The van der Waals surface area contributed by atoms with Crippen LogP contribution in [0.3, 0.4) is 0 Å². The lowest BCUT2D eigenvalue weighted by Gasteiger charge is -2.27. The molecule has 3 heterocycles. The summed E-state index contributed by atoms with van der Waals surface area (Å²) in [4.78, 5) is 30.2. The van der Waals surface area contributed by atoms with Gasteiger partial charge in [-0.1, -0.05) is 19.8 Å². The van der Waals surface area contributed by atoms with Crippen molar-refractivity contribution in [3.63, 3.8) is 0 Å². The summed E-state index contributed by atoms with van der Waals surface area (Å²) < 4.78 is 17.0. The molecule has 4 rings (SSSR count). The molecule has 2 aliphatic rings. The maximum absolute atomic E-state index is 15.3. The van der Waals surface area contributed by atoms with Crippen LogP contribution >= 0.6 is 0 Å². The van der Waals surface area contributed by atoms with E-state index in [-0.39, 0.29) is 29.6 Å². The number of rotatable bonds is 4. The number of halogens is 1. The van der Waals surface area contributed by atoms with Crippen molar-refractivity contribution in [2.45, 2.75) is 71.0 Å². The van der Waals surface area contributed by atoms with Crippen molar-refractivity contribution in [2.75, 3.05) is 6.54 Å². The maximum Gasteiger partial charge on any atom is 0.272 e. The second-order valence-electron chi connectivity index (χ2n) is 8.85. The van der Waals surface area contributed by atoms with Gasteiger partial charge in [0.1, 0.15) is 11.4 Å². The van der Waals surface area contributed by atoms with Crippen LogP contribution in [0.1, 0.15) is 74.8 Å². The largest absolute Gasteiger partial charge is 0.335 e. The molecule has 1 aliphatic heterocycles. The zero-order chi connectivity index (χ0) is 23.0. The molecule has 1 aliphatic carbocycles. The molecule has 0 spiro atoms. The van der Waals surface area contributed by atoms with E-state index in [0.717, 1.165) is 37.9 Å². The number of fused-ring (bicyclic) bond motifs is 1. The topological polar surface area (TPSA) is 93.6 Å². The van der Waals surface area contributed by atoms with Gasteiger partial charge in [0.15, 0.2) is 5.65 Å². The fourth-order valence-corrected chi connectivity index (χ4v) is 4.58. The summed E-state index contributed by atoms with van der Waals surface area (Å²) in [7, 11) is 0. The molecule has 8 nitrogen and oxygen atoms in total. The molecule has 2 unspecified atom stereocenters. The Hall–Kier alpha value is -3.10. The van der Waals surface area contributed by atoms with Crippen LogP contribution in [0.2, 0.25) is 0 Å². The Labute approximate surface area is 186 Å². The van der Waals surface area contributed by atoms with E-state index in [0.29, 0.717) is 23.5 Å². The highest BCUT2D eigenvalue weighted by Crippen LogP contribution is 2.39. The molecular formula is C23H28FN5O3. The second kappa shape index (κ2) is 8.44. The van der Waals surface area contributed by atoms with Gasteiger partial charge in [-0.2, -0.15) is 5.10 Å². The molecular weight excluding hydrogens is 413 g/mol. The molecule has 2 atom stereocenters. The molecule has 0 aromatic carbocycles. The normalized spacial score (nSPS) is 24.1. The summed E-state index contributed by atoms with van der Waals surface area (Å²) >= 11 is 0. The van der Waals surface area contributed by atoms with E-state index in [1.165, 1.54) is 19.1 Å². The van der Waals surface area contributed by atoms with E-state index in [1.54, 1.807) is 16.6 Å². The van der Waals surface area contributed by atoms with Crippen molar-refractivity contribution in [2.24, 2.45) is 0 Å². The monoisotopic (exact) mass is 441 g/mol. The fraction of sp³-hybridized carbons (Fsp3) is 0.522. The molecule has 1 amide bonds. The minimum atomic E-state index is -1.93. The van der Waals surface area contributed by atoms with Gasteiger partial charge in [0.05, 0.1) is 17.0 Å². The Balaban J connectivity index is 1.75. The summed E-state index contributed by atoms with van der Waals surface area (Å²) in [6.45, 7) is 6.08. The molecule has 170 valence electrons. The number of carbonyl (C=O) groups is 1. The molecule has 32 heavy (non-hydrogen) atoms. The van der Waals surface area contributed by atoms with Gasteiger partial charge in [0.2, 0.25) is 5.70 Å². The highest BCUT2D eigenvalue weighted by atomic mass is 19.1. The summed E-state index contributed by atoms with van der Waals surface area (Å²) in [5.74, 6) is -0.0925. The quantitative estimate of drug-likeness (QED) is 0.519. The third-order valence-electron chi connectivity index (χ3n) is 6.42. The Bertz CT molecular complexity index is 1130. The third-order valence-corrected chi connectivity index (χ3v) is 6.42. The zero-order valence-corrected chi connectivity index (χ0v) is 18.7. The van der Waals surface area contributed by atoms with Crippen molar-refractivity contribution in [1.29, 1.82) is 0 Å². The van der Waals surface area contributed by atoms with Gasteiger partial charge in [0, 0.05) is 36.0 Å². The van der Waals surface area contributed by atoms with Gasteiger partial charge in [-0.15, -0.1) is 0 Å². The minimum absolute atomic E-state index is 0.0925. The molecule has 1 saturated heterocycles. The Kier molecular flexibility index (Phi) is 5.83. The van der Waals surface area contributed by atoms with Gasteiger partial charge in [-0.3, -0.25) is 14.9 Å². The van der Waals surface area contributed by atoms with Gasteiger partial charge in [-0.25, -0.2) is 13.9 Å². The number of amides is 1. The first kappa shape index (κ1) is 22.1. The minimum Gasteiger partial charge on any atom is -0.335 e. The SMILES string of the molecule is CCc1cc(C(=O)N2CCCCCC2C)nc2cc(C3=CC=C([N+](=O)[O-])CC3(C)F)nn12. The lowest BCUT2D eigenvalue weighted by Crippen LogP contribution is -2.38. The van der Waals surface area contributed by atoms with Gasteiger partial charge in [0.25, 0.3) is 5.91 Å². The van der Waals surface area contributed by atoms with Gasteiger partial charge in [-0.05, 0) is 45.3 Å². The zero-order valence-electron chi connectivity index (χ0n) is 18.7. The van der Waals surface area contributed by atoms with Crippen LogP contribution in [0.25, 0.3) is 11.2 Å². The highest BCUT2D eigenvalue weighted by molar-refractivity contribution is 5.93. The summed E-state index contributed by atoms with van der Waals surface area (Å²) in [5, 5.41) is 15.6. The van der Waals surface area contributed by atoms with Crippen LogP contribution in [-0.4, -0.2) is 48.6 Å². The molecule has 0 radical (unpaired) electrons. The standard InChI is InChI=1S/C23H28FN5O3/c1-4-16-12-20(22(30)27-11-7-5-6-8-15(27)2)25-21-13-19(26-28(16)21)18-10-9-17(29(31)32)14-23(18,3)24/h9-10,12-13,15H,4-8,11,14H2,1-3H3. The lowest BCUT2D eigenvalue weighted by atomic mass is 9.86. The van der Waals surface area contributed by atoms with Crippen LogP contribution in [0.4, 0.5) is 4.39 Å². The number of hydrogen-bond donors (Lipinski definition) is 0. The molecule has 2 aromatic rings. The Morgan fingerprint density at radius 1 is 1.31 bits per heavy atom. The van der Waals surface area contributed by atoms with Crippen LogP contribution < -0.4 is 0 Å². The number of alkyl halides is 1. The summed E-state index contributed by atoms with van der Waals surface area (Å²) in [5.41, 5.74) is 0.159. The smallest absolute Gasteiger partial charge is 0.272 e. The highest BCUT2D eigenvalue weighted by Gasteiger charge is 2.38. The van der Waals surface area contributed by atoms with E-state index in [9.17, 15) is 14.9 Å². The molecule has 2 aromatic heterocycles. The average Bonchev–Trinajstić information content (AvgIpc) is 3.05. The Morgan fingerprint density at radius 2 is 2.09 bits per heavy atom. The number of aromatic nitrogens is 3. The van der Waals surface area contributed by atoms with Crippen LogP contribution in [-0.2, 0) is 6.42 Å². The Morgan fingerprint density at radius 3 is 2.78 bits per heavy atom. The molecule has 9 heteroatoms. The number of allylic oxidation sites excluding steroid dienone is 4. The van der Waals surface area contributed by atoms with Crippen molar-refractivity contribution in [1.82, 2.24) is 19.5 Å². The van der Waals surface area contributed by atoms with Gasteiger partial charge >= 0.3 is 0 Å².